The second-order valence-corrected chi connectivity index (χ2v) is 7.15. The molecule has 0 heterocycles. The van der Waals surface area contributed by atoms with E-state index in [9.17, 15) is 8.42 Å². The third kappa shape index (κ3) is 3.79. The zero-order chi connectivity index (χ0) is 14.8. The molecule has 0 spiro atoms. The van der Waals surface area contributed by atoms with Crippen molar-refractivity contribution in [2.75, 3.05) is 20.1 Å². The fourth-order valence-electron chi connectivity index (χ4n) is 2.27. The highest BCUT2D eigenvalue weighted by molar-refractivity contribution is 7.89. The van der Waals surface area contributed by atoms with Gasteiger partial charge in [0.05, 0.1) is 4.90 Å². The van der Waals surface area contributed by atoms with Crippen LogP contribution in [0.2, 0.25) is 0 Å². The van der Waals surface area contributed by atoms with Crippen molar-refractivity contribution in [1.82, 2.24) is 9.62 Å². The highest BCUT2D eigenvalue weighted by Gasteiger charge is 2.26. The van der Waals surface area contributed by atoms with Gasteiger partial charge in [-0.2, -0.15) is 0 Å². The highest BCUT2D eigenvalue weighted by atomic mass is 32.2. The summed E-state index contributed by atoms with van der Waals surface area (Å²) in [6, 6.07) is 5.86. The first kappa shape index (κ1) is 15.4. The van der Waals surface area contributed by atoms with E-state index in [0.29, 0.717) is 24.0 Å². The second kappa shape index (κ2) is 6.22. The minimum absolute atomic E-state index is 0.337. The number of benzene rings is 1. The largest absolute Gasteiger partial charge is 0.326 e. The van der Waals surface area contributed by atoms with Crippen LogP contribution in [0.15, 0.2) is 23.1 Å². The Kier molecular flexibility index (Phi) is 4.80. The van der Waals surface area contributed by atoms with Gasteiger partial charge < -0.3 is 10.6 Å². The van der Waals surface area contributed by atoms with Crippen LogP contribution in [-0.2, 0) is 16.6 Å². The SMILES string of the molecule is Cc1cc(CN)ccc1S(=O)(=O)NCCN(C)C1CC1. The molecular formula is C14H23N3O2S. The molecule has 0 aromatic heterocycles. The number of sulfonamides is 1. The lowest BCUT2D eigenvalue weighted by Gasteiger charge is -2.16. The zero-order valence-corrected chi connectivity index (χ0v) is 12.9. The van der Waals surface area contributed by atoms with E-state index < -0.39 is 10.0 Å². The summed E-state index contributed by atoms with van der Waals surface area (Å²) >= 11 is 0. The molecule has 0 amide bonds. The van der Waals surface area contributed by atoms with Crippen LogP contribution < -0.4 is 10.5 Å². The maximum Gasteiger partial charge on any atom is 0.240 e. The summed E-state index contributed by atoms with van der Waals surface area (Å²) in [6.45, 7) is 3.39. The number of likely N-dealkylation sites (N-methyl/N-ethyl adjacent to an activating group) is 1. The quantitative estimate of drug-likeness (QED) is 0.781. The molecular weight excluding hydrogens is 274 g/mol. The molecule has 0 unspecified atom stereocenters. The van der Waals surface area contributed by atoms with Crippen LogP contribution in [-0.4, -0.2) is 39.5 Å². The van der Waals surface area contributed by atoms with E-state index in [0.717, 1.165) is 17.7 Å². The Hall–Kier alpha value is -0.950. The van der Waals surface area contributed by atoms with Crippen molar-refractivity contribution in [3.63, 3.8) is 0 Å². The van der Waals surface area contributed by atoms with Gasteiger partial charge in [-0.1, -0.05) is 12.1 Å². The Balaban J connectivity index is 1.98. The summed E-state index contributed by atoms with van der Waals surface area (Å²) in [7, 11) is -1.40. The van der Waals surface area contributed by atoms with Crippen molar-refractivity contribution in [2.24, 2.45) is 5.73 Å². The summed E-state index contributed by atoms with van der Waals surface area (Å²) in [5, 5.41) is 0. The second-order valence-electron chi connectivity index (χ2n) is 5.41. The maximum absolute atomic E-state index is 12.3. The normalized spacial score (nSPS) is 15.8. The first-order valence-corrected chi connectivity index (χ1v) is 8.42. The van der Waals surface area contributed by atoms with Crippen molar-refractivity contribution >= 4 is 10.0 Å². The molecule has 1 fully saturated rings. The molecule has 112 valence electrons. The molecule has 0 atom stereocenters. The zero-order valence-electron chi connectivity index (χ0n) is 12.1. The average Bonchev–Trinajstić information content (AvgIpc) is 3.22. The van der Waals surface area contributed by atoms with E-state index in [1.807, 2.05) is 13.1 Å². The number of rotatable bonds is 7. The van der Waals surface area contributed by atoms with Crippen LogP contribution in [0.5, 0.6) is 0 Å². The smallest absolute Gasteiger partial charge is 0.240 e. The van der Waals surface area contributed by atoms with Crippen molar-refractivity contribution in [2.45, 2.75) is 37.2 Å². The molecule has 1 aromatic carbocycles. The van der Waals surface area contributed by atoms with Crippen LogP contribution in [0.25, 0.3) is 0 Å². The summed E-state index contributed by atoms with van der Waals surface area (Å²) in [5.41, 5.74) is 7.23. The Bertz CT molecular complexity index is 568. The van der Waals surface area contributed by atoms with E-state index in [1.54, 1.807) is 19.1 Å². The lowest BCUT2D eigenvalue weighted by atomic mass is 10.1. The predicted octanol–water partition coefficient (Wildman–Crippen LogP) is 0.826. The van der Waals surface area contributed by atoms with Crippen LogP contribution in [0.1, 0.15) is 24.0 Å². The maximum atomic E-state index is 12.3. The van der Waals surface area contributed by atoms with E-state index in [-0.39, 0.29) is 0 Å². The Morgan fingerprint density at radius 2 is 2.10 bits per heavy atom. The van der Waals surface area contributed by atoms with Gasteiger partial charge in [-0.3, -0.25) is 0 Å². The molecule has 0 bridgehead atoms. The fourth-order valence-corrected chi connectivity index (χ4v) is 3.52. The number of hydrogen-bond acceptors (Lipinski definition) is 4. The summed E-state index contributed by atoms with van der Waals surface area (Å²) in [4.78, 5) is 2.54. The lowest BCUT2D eigenvalue weighted by Crippen LogP contribution is -2.34. The van der Waals surface area contributed by atoms with Crippen LogP contribution in [0.4, 0.5) is 0 Å². The Morgan fingerprint density at radius 3 is 2.65 bits per heavy atom. The van der Waals surface area contributed by atoms with Gasteiger partial charge in [-0.25, -0.2) is 13.1 Å². The van der Waals surface area contributed by atoms with E-state index in [2.05, 4.69) is 9.62 Å². The van der Waals surface area contributed by atoms with Gasteiger partial charge in [0.15, 0.2) is 0 Å². The number of hydrogen-bond donors (Lipinski definition) is 2. The third-order valence-electron chi connectivity index (χ3n) is 3.69. The molecule has 0 aliphatic heterocycles. The van der Waals surface area contributed by atoms with Gasteiger partial charge in [0.25, 0.3) is 0 Å². The molecule has 6 heteroatoms. The summed E-state index contributed by atoms with van der Waals surface area (Å²) in [6.07, 6.45) is 2.45. The topological polar surface area (TPSA) is 75.4 Å². The molecule has 3 N–H and O–H groups in total. The predicted molar refractivity (Wildman–Crippen MR) is 79.9 cm³/mol. The van der Waals surface area contributed by atoms with Crippen molar-refractivity contribution in [1.29, 1.82) is 0 Å². The Morgan fingerprint density at radius 1 is 1.40 bits per heavy atom. The van der Waals surface area contributed by atoms with Gasteiger partial charge in [0, 0.05) is 25.7 Å². The number of nitrogens with zero attached hydrogens (tertiary/aromatic N) is 1. The molecule has 1 aromatic rings. The minimum Gasteiger partial charge on any atom is -0.326 e. The number of nitrogens with two attached hydrogens (primary N) is 1. The molecule has 0 saturated heterocycles. The van der Waals surface area contributed by atoms with E-state index >= 15 is 0 Å². The molecule has 5 nitrogen and oxygen atoms in total. The lowest BCUT2D eigenvalue weighted by molar-refractivity contribution is 0.329. The monoisotopic (exact) mass is 297 g/mol. The average molecular weight is 297 g/mol. The summed E-state index contributed by atoms with van der Waals surface area (Å²) in [5.74, 6) is 0. The van der Waals surface area contributed by atoms with E-state index in [1.165, 1.54) is 12.8 Å². The van der Waals surface area contributed by atoms with Crippen LogP contribution in [0.3, 0.4) is 0 Å². The van der Waals surface area contributed by atoms with Gasteiger partial charge in [-0.05, 0) is 44.0 Å². The number of aryl methyl sites for hydroxylation is 1. The third-order valence-corrected chi connectivity index (χ3v) is 5.31. The molecule has 1 aliphatic rings. The molecule has 0 radical (unpaired) electrons. The van der Waals surface area contributed by atoms with Crippen molar-refractivity contribution in [3.8, 4) is 0 Å². The fraction of sp³-hybridized carbons (Fsp3) is 0.571. The van der Waals surface area contributed by atoms with Gasteiger partial charge >= 0.3 is 0 Å². The number of nitrogens with one attached hydrogen (secondary N) is 1. The minimum atomic E-state index is -3.43. The molecule has 1 saturated carbocycles. The first-order chi connectivity index (χ1) is 9.44. The van der Waals surface area contributed by atoms with Crippen molar-refractivity contribution in [3.05, 3.63) is 29.3 Å². The first-order valence-electron chi connectivity index (χ1n) is 6.93. The highest BCUT2D eigenvalue weighted by Crippen LogP contribution is 2.24. The molecule has 1 aliphatic carbocycles. The molecule has 2 rings (SSSR count). The molecule has 20 heavy (non-hydrogen) atoms. The Labute approximate surface area is 121 Å². The van der Waals surface area contributed by atoms with Gasteiger partial charge in [-0.15, -0.1) is 0 Å². The van der Waals surface area contributed by atoms with Gasteiger partial charge in [0.2, 0.25) is 10.0 Å². The standard InChI is InChI=1S/C14H23N3O2S/c1-11-9-12(10-15)3-6-14(11)20(18,19)16-7-8-17(2)13-4-5-13/h3,6,9,13,16H,4-5,7-8,10,15H2,1-2H3. The van der Waals surface area contributed by atoms with Gasteiger partial charge in [0.1, 0.15) is 0 Å². The summed E-state index contributed by atoms with van der Waals surface area (Å²) < 4.78 is 27.2. The van der Waals surface area contributed by atoms with E-state index in [4.69, 9.17) is 5.73 Å². The van der Waals surface area contributed by atoms with Crippen LogP contribution >= 0.6 is 0 Å². The van der Waals surface area contributed by atoms with Crippen molar-refractivity contribution < 1.29 is 8.42 Å². The van der Waals surface area contributed by atoms with Crippen LogP contribution in [0, 0.1) is 6.92 Å².